The lowest BCUT2D eigenvalue weighted by Crippen LogP contribution is -2.09. The summed E-state index contributed by atoms with van der Waals surface area (Å²) in [5, 5.41) is 0. The van der Waals surface area contributed by atoms with Gasteiger partial charge in [0.2, 0.25) is 0 Å². The fraction of sp³-hybridized carbons (Fsp3) is 0.667. The molecule has 0 unspecified atom stereocenters. The van der Waals surface area contributed by atoms with Crippen LogP contribution in [0.3, 0.4) is 0 Å². The Hall–Kier alpha value is -1.31. The van der Waals surface area contributed by atoms with Crippen LogP contribution in [-0.2, 0) is 0 Å². The van der Waals surface area contributed by atoms with Gasteiger partial charge < -0.3 is 0 Å². The first kappa shape index (κ1) is 15.2. The van der Waals surface area contributed by atoms with Crippen molar-refractivity contribution in [2.45, 2.75) is 89.9 Å². The third-order valence-electron chi connectivity index (χ3n) is 6.11. The van der Waals surface area contributed by atoms with Crippen LogP contribution in [0.1, 0.15) is 98.6 Å². The highest BCUT2D eigenvalue weighted by Crippen LogP contribution is 2.38. The first-order chi connectivity index (χ1) is 11.2. The maximum atomic E-state index is 5.14. The Kier molecular flexibility index (Phi) is 4.17. The lowest BCUT2D eigenvalue weighted by molar-refractivity contribution is 0.437. The molecule has 0 N–H and O–H groups in total. The molecule has 0 aliphatic heterocycles. The summed E-state index contributed by atoms with van der Waals surface area (Å²) in [6.45, 7) is 4.49. The molecule has 2 heterocycles. The zero-order valence-corrected chi connectivity index (χ0v) is 14.7. The molecule has 2 nitrogen and oxygen atoms in total. The van der Waals surface area contributed by atoms with Gasteiger partial charge in [0, 0.05) is 17.2 Å². The summed E-state index contributed by atoms with van der Waals surface area (Å²) in [5.74, 6) is 1.35. The third kappa shape index (κ3) is 2.81. The maximum Gasteiger partial charge on any atom is 0.141 e. The monoisotopic (exact) mass is 309 g/mol. The lowest BCUT2D eigenvalue weighted by atomic mass is 9.82. The highest BCUT2D eigenvalue weighted by atomic mass is 15.0. The molecule has 2 aliphatic rings. The summed E-state index contributed by atoms with van der Waals surface area (Å²) in [6, 6.07) is 2.35. The minimum Gasteiger partial charge on any atom is -0.295 e. The van der Waals surface area contributed by atoms with Crippen LogP contribution in [0.15, 0.2) is 6.07 Å². The molecule has 4 rings (SSSR count). The average molecular weight is 309 g/mol. The predicted molar refractivity (Wildman–Crippen MR) is 95.2 cm³/mol. The Morgan fingerprint density at radius 2 is 1.52 bits per heavy atom. The van der Waals surface area contributed by atoms with E-state index < -0.39 is 0 Å². The highest BCUT2D eigenvalue weighted by molar-refractivity contribution is 5.56. The quantitative estimate of drug-likeness (QED) is 0.680. The Morgan fingerprint density at radius 1 is 0.913 bits per heavy atom. The van der Waals surface area contributed by atoms with Gasteiger partial charge in [0.25, 0.3) is 0 Å². The van der Waals surface area contributed by atoms with Crippen molar-refractivity contribution in [3.8, 4) is 0 Å². The number of hydrogen-bond donors (Lipinski definition) is 0. The van der Waals surface area contributed by atoms with E-state index in [4.69, 9.17) is 4.98 Å². The van der Waals surface area contributed by atoms with Gasteiger partial charge in [-0.05, 0) is 57.1 Å². The third-order valence-corrected chi connectivity index (χ3v) is 6.11. The van der Waals surface area contributed by atoms with Crippen molar-refractivity contribution in [3.05, 3.63) is 34.8 Å². The molecule has 2 aromatic rings. The number of rotatable bonds is 2. The Labute approximate surface area is 140 Å². The van der Waals surface area contributed by atoms with E-state index in [1.807, 2.05) is 0 Å². The van der Waals surface area contributed by atoms with Crippen LogP contribution in [0.5, 0.6) is 0 Å². The zero-order chi connectivity index (χ0) is 15.8. The van der Waals surface area contributed by atoms with Crippen LogP contribution < -0.4 is 0 Å². The molecular formula is C21H29N2. The van der Waals surface area contributed by atoms with Gasteiger partial charge in [-0.1, -0.05) is 38.5 Å². The molecule has 0 bridgehead atoms. The van der Waals surface area contributed by atoms with Crippen LogP contribution in [-0.4, -0.2) is 9.38 Å². The maximum absolute atomic E-state index is 5.14. The number of hydrogen-bond acceptors (Lipinski definition) is 1. The molecule has 23 heavy (non-hydrogen) atoms. The predicted octanol–water partition coefficient (Wildman–Crippen LogP) is 5.85. The fourth-order valence-corrected chi connectivity index (χ4v) is 4.88. The first-order valence-corrected chi connectivity index (χ1v) is 9.66. The molecule has 0 amide bonds. The van der Waals surface area contributed by atoms with E-state index in [0.717, 1.165) is 0 Å². The smallest absolute Gasteiger partial charge is 0.141 e. The van der Waals surface area contributed by atoms with Gasteiger partial charge in [-0.15, -0.1) is 0 Å². The Morgan fingerprint density at radius 3 is 2.17 bits per heavy atom. The van der Waals surface area contributed by atoms with Crippen molar-refractivity contribution < 1.29 is 0 Å². The number of aromatic nitrogens is 2. The second kappa shape index (κ2) is 6.30. The zero-order valence-electron chi connectivity index (χ0n) is 14.7. The van der Waals surface area contributed by atoms with Crippen LogP contribution in [0, 0.1) is 20.0 Å². The molecule has 0 atom stereocenters. The largest absolute Gasteiger partial charge is 0.295 e. The summed E-state index contributed by atoms with van der Waals surface area (Å²) < 4.78 is 2.26. The standard InChI is InChI=1S/C21H29N2/c1-15-13-16(2)23-14-19(17-9-5-3-6-10-17)22-21(23)20(15)18-11-7-4-8-12-18/h13,17-18H,3-12H2,1-2H3. The molecule has 2 saturated carbocycles. The first-order valence-electron chi connectivity index (χ1n) is 9.66. The van der Waals surface area contributed by atoms with Gasteiger partial charge in [0.1, 0.15) is 5.65 Å². The molecule has 0 spiro atoms. The molecule has 2 heteroatoms. The number of aryl methyl sites for hydroxylation is 2. The summed E-state index contributed by atoms with van der Waals surface area (Å²) in [7, 11) is 0. The molecule has 2 fully saturated rings. The second-order valence-electron chi connectivity index (χ2n) is 7.82. The molecule has 0 saturated heterocycles. The average Bonchev–Trinajstić information content (AvgIpc) is 3.02. The van der Waals surface area contributed by atoms with Gasteiger partial charge in [0.05, 0.1) is 11.9 Å². The SMILES string of the molecule is Cc1cc(C)n2[c]c(C3CCCCC3)nc2c1C1CCCCC1. The van der Waals surface area contributed by atoms with E-state index in [1.165, 1.54) is 92.4 Å². The van der Waals surface area contributed by atoms with E-state index in [2.05, 4.69) is 30.5 Å². The number of fused-ring (bicyclic) bond motifs is 1. The molecular weight excluding hydrogens is 280 g/mol. The van der Waals surface area contributed by atoms with Crippen LogP contribution in [0.4, 0.5) is 0 Å². The molecule has 123 valence electrons. The minimum absolute atomic E-state index is 0.641. The second-order valence-corrected chi connectivity index (χ2v) is 7.82. The summed E-state index contributed by atoms with van der Waals surface area (Å²) in [4.78, 5) is 5.14. The van der Waals surface area contributed by atoms with E-state index in [-0.39, 0.29) is 0 Å². The van der Waals surface area contributed by atoms with Crippen molar-refractivity contribution in [1.82, 2.24) is 9.38 Å². The summed E-state index contributed by atoms with van der Waals surface area (Å²) in [6.07, 6.45) is 17.2. The van der Waals surface area contributed by atoms with Crippen molar-refractivity contribution in [1.29, 1.82) is 0 Å². The number of nitrogens with zero attached hydrogens (tertiary/aromatic N) is 2. The molecule has 1 radical (unpaired) electrons. The lowest BCUT2D eigenvalue weighted by Gasteiger charge is -2.24. The number of pyridine rings is 1. The van der Waals surface area contributed by atoms with Crippen molar-refractivity contribution in [2.24, 2.45) is 0 Å². The van der Waals surface area contributed by atoms with Gasteiger partial charge >= 0.3 is 0 Å². The van der Waals surface area contributed by atoms with Gasteiger partial charge in [-0.25, -0.2) is 4.98 Å². The normalized spacial score (nSPS) is 21.1. The summed E-state index contributed by atoms with van der Waals surface area (Å²) >= 11 is 0. The Balaban J connectivity index is 1.79. The summed E-state index contributed by atoms with van der Waals surface area (Å²) in [5.41, 5.74) is 6.70. The van der Waals surface area contributed by atoms with Crippen molar-refractivity contribution in [2.75, 3.05) is 0 Å². The van der Waals surface area contributed by atoms with Crippen molar-refractivity contribution in [3.63, 3.8) is 0 Å². The van der Waals surface area contributed by atoms with E-state index in [9.17, 15) is 0 Å². The van der Waals surface area contributed by atoms with Gasteiger partial charge in [-0.2, -0.15) is 0 Å². The van der Waals surface area contributed by atoms with Crippen LogP contribution >= 0.6 is 0 Å². The van der Waals surface area contributed by atoms with Gasteiger partial charge in [-0.3, -0.25) is 4.40 Å². The van der Waals surface area contributed by atoms with Gasteiger partial charge in [0.15, 0.2) is 0 Å². The van der Waals surface area contributed by atoms with Crippen LogP contribution in [0.2, 0.25) is 0 Å². The van der Waals surface area contributed by atoms with Crippen LogP contribution in [0.25, 0.3) is 5.65 Å². The topological polar surface area (TPSA) is 17.3 Å². The van der Waals surface area contributed by atoms with E-state index in [1.54, 1.807) is 0 Å². The Bertz CT molecular complexity index is 685. The van der Waals surface area contributed by atoms with Crippen molar-refractivity contribution >= 4 is 5.65 Å². The van der Waals surface area contributed by atoms with E-state index >= 15 is 0 Å². The highest BCUT2D eigenvalue weighted by Gasteiger charge is 2.24. The molecule has 0 aromatic carbocycles. The molecule has 2 aromatic heterocycles. The number of imidazole rings is 1. The molecule has 2 aliphatic carbocycles. The minimum atomic E-state index is 0.641. The van der Waals surface area contributed by atoms with E-state index in [0.29, 0.717) is 11.8 Å². The fourth-order valence-electron chi connectivity index (χ4n) is 4.88.